The maximum atomic E-state index is 6.12. The van der Waals surface area contributed by atoms with Crippen LogP contribution >= 0.6 is 11.3 Å². The average Bonchev–Trinajstić information content (AvgIpc) is 3.10. The number of rotatable bonds is 4. The van der Waals surface area contributed by atoms with E-state index in [0.29, 0.717) is 0 Å². The normalized spacial score (nSPS) is 19.7. The fraction of sp³-hybridized carbons (Fsp3) is 0.474. The third-order valence-corrected chi connectivity index (χ3v) is 6.20. The van der Waals surface area contributed by atoms with Crippen molar-refractivity contribution < 1.29 is 9.31 Å². The Kier molecular flexibility index (Phi) is 4.64. The van der Waals surface area contributed by atoms with Crippen LogP contribution in [0.25, 0.3) is 0 Å². The van der Waals surface area contributed by atoms with Gasteiger partial charge < -0.3 is 9.31 Å². The minimum atomic E-state index is -0.400. The van der Waals surface area contributed by atoms with Crippen LogP contribution in [0.5, 0.6) is 0 Å². The molecule has 0 saturated carbocycles. The Morgan fingerprint density at radius 1 is 1.08 bits per heavy atom. The standard InChI is InChI=1S/C19H25BN2O2S/c1-17(2,22-12-14-10-8-7-9-11-14)16-21-13-15(25-16)20-23-18(3,4)19(5,6)24-20/h7-13H,1-6H3. The lowest BCUT2D eigenvalue weighted by Crippen LogP contribution is -2.41. The minimum Gasteiger partial charge on any atom is -0.399 e. The van der Waals surface area contributed by atoms with Crippen LogP contribution in [-0.2, 0) is 14.8 Å². The van der Waals surface area contributed by atoms with Gasteiger partial charge in [-0.05, 0) is 47.1 Å². The second-order valence-electron chi connectivity index (χ2n) is 7.88. The Labute approximate surface area is 154 Å². The number of aromatic nitrogens is 1. The van der Waals surface area contributed by atoms with Gasteiger partial charge in [0.25, 0.3) is 0 Å². The molecule has 0 amide bonds. The van der Waals surface area contributed by atoms with Gasteiger partial charge in [0, 0.05) is 12.4 Å². The fourth-order valence-corrected chi connectivity index (χ4v) is 3.40. The Morgan fingerprint density at radius 2 is 1.68 bits per heavy atom. The van der Waals surface area contributed by atoms with Crippen LogP contribution in [0.4, 0.5) is 0 Å². The summed E-state index contributed by atoms with van der Waals surface area (Å²) in [5.41, 5.74) is -0.00752. The zero-order chi connectivity index (χ0) is 18.3. The highest BCUT2D eigenvalue weighted by molar-refractivity contribution is 7.22. The molecule has 0 bridgehead atoms. The number of benzene rings is 1. The molecule has 6 heteroatoms. The van der Waals surface area contributed by atoms with Crippen LogP contribution < -0.4 is 4.78 Å². The predicted molar refractivity (Wildman–Crippen MR) is 105 cm³/mol. The average molecular weight is 356 g/mol. The summed E-state index contributed by atoms with van der Waals surface area (Å²) in [5.74, 6) is 0. The van der Waals surface area contributed by atoms with Gasteiger partial charge in [-0.1, -0.05) is 30.3 Å². The molecule has 4 nitrogen and oxygen atoms in total. The van der Waals surface area contributed by atoms with Crippen LogP contribution in [0, 0.1) is 0 Å². The first-order valence-electron chi connectivity index (χ1n) is 8.53. The molecule has 1 aliphatic rings. The lowest BCUT2D eigenvalue weighted by Gasteiger charge is -2.32. The van der Waals surface area contributed by atoms with Crippen molar-refractivity contribution in [2.45, 2.75) is 58.3 Å². The zero-order valence-electron chi connectivity index (χ0n) is 15.7. The van der Waals surface area contributed by atoms with Crippen molar-refractivity contribution in [1.82, 2.24) is 4.98 Å². The Balaban J connectivity index is 1.78. The molecule has 0 aliphatic carbocycles. The Morgan fingerprint density at radius 3 is 2.28 bits per heavy atom. The van der Waals surface area contributed by atoms with Crippen molar-refractivity contribution in [2.75, 3.05) is 0 Å². The molecule has 2 heterocycles. The topological polar surface area (TPSA) is 43.7 Å². The lowest BCUT2D eigenvalue weighted by molar-refractivity contribution is 0.00578. The number of hydrogen-bond acceptors (Lipinski definition) is 5. The van der Waals surface area contributed by atoms with E-state index in [-0.39, 0.29) is 18.3 Å². The first kappa shape index (κ1) is 18.3. The fourth-order valence-electron chi connectivity index (χ4n) is 2.47. The molecule has 0 atom stereocenters. The molecule has 1 aromatic carbocycles. The molecule has 0 spiro atoms. The molecule has 25 heavy (non-hydrogen) atoms. The van der Waals surface area contributed by atoms with Crippen molar-refractivity contribution in [3.63, 3.8) is 0 Å². The SMILES string of the molecule is CC(C)(N=Cc1ccccc1)c1ncc(B2OC(C)(C)C(C)(C)O2)s1. The van der Waals surface area contributed by atoms with Crippen LogP contribution in [-0.4, -0.2) is 29.5 Å². The van der Waals surface area contributed by atoms with Crippen LogP contribution in [0.3, 0.4) is 0 Å². The molecule has 1 aliphatic heterocycles. The number of nitrogens with zero attached hydrogens (tertiary/aromatic N) is 2. The van der Waals surface area contributed by atoms with Gasteiger partial charge in [0.1, 0.15) is 10.5 Å². The van der Waals surface area contributed by atoms with Crippen molar-refractivity contribution in [3.05, 3.63) is 47.1 Å². The Bertz CT molecular complexity index is 753. The van der Waals surface area contributed by atoms with Gasteiger partial charge in [0.2, 0.25) is 0 Å². The number of hydrogen-bond donors (Lipinski definition) is 0. The molecule has 1 aromatic heterocycles. The maximum Gasteiger partial charge on any atom is 0.507 e. The van der Waals surface area contributed by atoms with E-state index in [9.17, 15) is 0 Å². The van der Waals surface area contributed by atoms with E-state index in [4.69, 9.17) is 14.3 Å². The van der Waals surface area contributed by atoms with Crippen LogP contribution in [0.15, 0.2) is 41.5 Å². The van der Waals surface area contributed by atoms with Crippen LogP contribution in [0.1, 0.15) is 52.1 Å². The molecule has 0 unspecified atom stereocenters. The molecule has 1 fully saturated rings. The first-order valence-corrected chi connectivity index (χ1v) is 9.34. The van der Waals surface area contributed by atoms with Gasteiger partial charge in [0.05, 0.1) is 16.0 Å². The smallest absolute Gasteiger partial charge is 0.399 e. The zero-order valence-corrected chi connectivity index (χ0v) is 16.6. The molecule has 0 N–H and O–H groups in total. The van der Waals surface area contributed by atoms with Crippen molar-refractivity contribution in [2.24, 2.45) is 4.99 Å². The van der Waals surface area contributed by atoms with Crippen LogP contribution in [0.2, 0.25) is 0 Å². The molecular formula is C19H25BN2O2S. The number of thiazole rings is 1. The summed E-state index contributed by atoms with van der Waals surface area (Å²) < 4.78 is 13.2. The molecule has 2 aromatic rings. The summed E-state index contributed by atoms with van der Waals surface area (Å²) in [6.07, 6.45) is 3.75. The van der Waals surface area contributed by atoms with Gasteiger partial charge >= 0.3 is 7.12 Å². The van der Waals surface area contributed by atoms with Crippen molar-refractivity contribution >= 4 is 29.4 Å². The summed E-state index contributed by atoms with van der Waals surface area (Å²) in [4.78, 5) is 9.32. The predicted octanol–water partition coefficient (Wildman–Crippen LogP) is 3.80. The highest BCUT2D eigenvalue weighted by atomic mass is 32.1. The third kappa shape index (κ3) is 3.71. The van der Waals surface area contributed by atoms with E-state index in [2.05, 4.69) is 46.5 Å². The largest absolute Gasteiger partial charge is 0.507 e. The molecule has 1 saturated heterocycles. The number of aliphatic imine (C=N–C) groups is 1. The van der Waals surface area contributed by atoms with E-state index < -0.39 is 5.54 Å². The molecule has 132 valence electrons. The van der Waals surface area contributed by atoms with Gasteiger partial charge in [-0.2, -0.15) is 0 Å². The summed E-state index contributed by atoms with van der Waals surface area (Å²) in [6, 6.07) is 10.1. The Hall–Kier alpha value is -1.50. The molecule has 0 radical (unpaired) electrons. The van der Waals surface area contributed by atoms with E-state index in [1.165, 1.54) is 0 Å². The first-order chi connectivity index (χ1) is 11.6. The van der Waals surface area contributed by atoms with Gasteiger partial charge in [-0.15, -0.1) is 11.3 Å². The second kappa shape index (κ2) is 6.34. The lowest BCUT2D eigenvalue weighted by atomic mass is 9.89. The van der Waals surface area contributed by atoms with Crippen molar-refractivity contribution in [3.8, 4) is 0 Å². The third-order valence-electron chi connectivity index (χ3n) is 4.87. The van der Waals surface area contributed by atoms with E-state index in [1.54, 1.807) is 11.3 Å². The summed E-state index contributed by atoms with van der Waals surface area (Å²) >= 11 is 1.60. The van der Waals surface area contributed by atoms with E-state index >= 15 is 0 Å². The summed E-state index contributed by atoms with van der Waals surface area (Å²) in [5, 5.41) is 0.949. The monoisotopic (exact) mass is 356 g/mol. The maximum absolute atomic E-state index is 6.12. The minimum absolute atomic E-state index is 0.344. The molecular weight excluding hydrogens is 331 g/mol. The van der Waals surface area contributed by atoms with E-state index in [0.717, 1.165) is 15.3 Å². The summed E-state index contributed by atoms with van der Waals surface area (Å²) in [7, 11) is -0.370. The van der Waals surface area contributed by atoms with E-state index in [1.807, 2.05) is 42.7 Å². The van der Waals surface area contributed by atoms with Gasteiger partial charge in [-0.25, -0.2) is 4.98 Å². The van der Waals surface area contributed by atoms with Gasteiger partial charge in [0.15, 0.2) is 0 Å². The quantitative estimate of drug-likeness (QED) is 0.618. The molecule has 3 rings (SSSR count). The summed E-state index contributed by atoms with van der Waals surface area (Å²) in [6.45, 7) is 12.4. The highest BCUT2D eigenvalue weighted by Crippen LogP contribution is 2.37. The van der Waals surface area contributed by atoms with Crippen molar-refractivity contribution in [1.29, 1.82) is 0 Å². The highest BCUT2D eigenvalue weighted by Gasteiger charge is 2.52. The second-order valence-corrected chi connectivity index (χ2v) is 8.95. The van der Waals surface area contributed by atoms with Gasteiger partial charge in [-0.3, -0.25) is 4.99 Å².